The Balaban J connectivity index is 0.000000321. The van der Waals surface area contributed by atoms with Crippen molar-refractivity contribution < 1.29 is 4.74 Å². The summed E-state index contributed by atoms with van der Waals surface area (Å²) in [5.74, 6) is 0. The normalized spacial score (nSPS) is 20.4. The van der Waals surface area contributed by atoms with E-state index >= 15 is 0 Å². The molecule has 122 valence electrons. The molecular weight excluding hydrogens is 248 g/mol. The highest BCUT2D eigenvalue weighted by atomic mass is 16.5. The molecule has 0 spiro atoms. The Bertz CT molecular complexity index is 150. The largest absolute Gasteiger partial charge is 0.379 e. The lowest BCUT2D eigenvalue weighted by Gasteiger charge is -2.25. The van der Waals surface area contributed by atoms with Crippen LogP contribution in [0.5, 0.6) is 0 Å². The van der Waals surface area contributed by atoms with Crippen LogP contribution in [0.2, 0.25) is 0 Å². The maximum atomic E-state index is 5.20. The van der Waals surface area contributed by atoms with Crippen LogP contribution in [0, 0.1) is 0 Å². The molecule has 2 heterocycles. The van der Waals surface area contributed by atoms with Crippen molar-refractivity contribution in [2.45, 2.75) is 59.8 Å². The summed E-state index contributed by atoms with van der Waals surface area (Å²) in [5.41, 5.74) is 0. The van der Waals surface area contributed by atoms with Gasteiger partial charge in [0.05, 0.1) is 13.2 Å². The lowest BCUT2D eigenvalue weighted by atomic mass is 10.1. The lowest BCUT2D eigenvalue weighted by molar-refractivity contribution is 0.0380. The Morgan fingerprint density at radius 2 is 1.15 bits per heavy atom. The number of hydrogen-bond donors (Lipinski definition) is 0. The fourth-order valence-electron chi connectivity index (χ4n) is 2.64. The number of piperidine rings is 1. The van der Waals surface area contributed by atoms with Gasteiger partial charge in [-0.3, -0.25) is 4.90 Å². The zero-order chi connectivity index (χ0) is 15.1. The van der Waals surface area contributed by atoms with E-state index < -0.39 is 0 Å². The molecule has 0 radical (unpaired) electrons. The van der Waals surface area contributed by atoms with Crippen molar-refractivity contribution in [3.05, 3.63) is 0 Å². The van der Waals surface area contributed by atoms with E-state index in [0.29, 0.717) is 0 Å². The third-order valence-corrected chi connectivity index (χ3v) is 3.63. The highest BCUT2D eigenvalue weighted by Gasteiger charge is 2.07. The van der Waals surface area contributed by atoms with Gasteiger partial charge < -0.3 is 9.64 Å². The fraction of sp³-hybridized carbons (Fsp3) is 1.00. The van der Waals surface area contributed by atoms with Crippen molar-refractivity contribution in [2.24, 2.45) is 0 Å². The minimum absolute atomic E-state index is 0.931. The van der Waals surface area contributed by atoms with Crippen LogP contribution in [0.15, 0.2) is 0 Å². The molecule has 20 heavy (non-hydrogen) atoms. The van der Waals surface area contributed by atoms with Crippen molar-refractivity contribution in [3.8, 4) is 0 Å². The van der Waals surface area contributed by atoms with E-state index in [0.717, 1.165) is 26.3 Å². The maximum Gasteiger partial charge on any atom is 0.0594 e. The van der Waals surface area contributed by atoms with Crippen LogP contribution < -0.4 is 0 Å². The maximum absolute atomic E-state index is 5.20. The molecule has 0 aromatic carbocycles. The average molecular weight is 287 g/mol. The minimum Gasteiger partial charge on any atom is -0.379 e. The highest BCUT2D eigenvalue weighted by molar-refractivity contribution is 4.62. The first-order valence-corrected chi connectivity index (χ1v) is 8.89. The predicted octanol–water partition coefficient (Wildman–Crippen LogP) is 3.64. The zero-order valence-corrected chi connectivity index (χ0v) is 14.5. The van der Waals surface area contributed by atoms with Gasteiger partial charge in [0.2, 0.25) is 0 Å². The summed E-state index contributed by atoms with van der Waals surface area (Å²) < 4.78 is 5.20. The minimum atomic E-state index is 0.931. The molecule has 0 aromatic rings. The Morgan fingerprint density at radius 1 is 0.700 bits per heavy atom. The number of likely N-dealkylation sites (tertiary alicyclic amines) is 1. The number of hydrogen-bond acceptors (Lipinski definition) is 3. The van der Waals surface area contributed by atoms with Gasteiger partial charge in [-0.1, -0.05) is 34.1 Å². The average Bonchev–Trinajstić information content (AvgIpc) is 2.53. The van der Waals surface area contributed by atoms with Gasteiger partial charge in [-0.2, -0.15) is 0 Å². The van der Waals surface area contributed by atoms with E-state index in [4.69, 9.17) is 4.74 Å². The molecule has 3 heteroatoms. The molecule has 0 aliphatic carbocycles. The summed E-state index contributed by atoms with van der Waals surface area (Å²) in [6, 6.07) is 0. The quantitative estimate of drug-likeness (QED) is 0.785. The van der Waals surface area contributed by atoms with Crippen LogP contribution in [0.25, 0.3) is 0 Å². The van der Waals surface area contributed by atoms with E-state index in [1.165, 1.54) is 58.3 Å². The first-order valence-electron chi connectivity index (χ1n) is 8.89. The molecule has 0 aromatic heterocycles. The monoisotopic (exact) mass is 286 g/mol. The number of rotatable bonds is 4. The van der Waals surface area contributed by atoms with E-state index in [2.05, 4.69) is 23.6 Å². The summed E-state index contributed by atoms with van der Waals surface area (Å²) in [6.45, 7) is 17.9. The van der Waals surface area contributed by atoms with Gasteiger partial charge in [-0.15, -0.1) is 0 Å². The van der Waals surface area contributed by atoms with E-state index in [1.54, 1.807) is 0 Å². The van der Waals surface area contributed by atoms with Crippen molar-refractivity contribution >= 4 is 0 Å². The molecule has 3 nitrogen and oxygen atoms in total. The van der Waals surface area contributed by atoms with Gasteiger partial charge >= 0.3 is 0 Å². The topological polar surface area (TPSA) is 15.7 Å². The summed E-state index contributed by atoms with van der Waals surface area (Å²) in [6.07, 6.45) is 6.90. The smallest absolute Gasteiger partial charge is 0.0594 e. The molecular formula is C17H38N2O. The Kier molecular flexibility index (Phi) is 15.2. The number of ether oxygens (including phenoxy) is 1. The molecule has 0 atom stereocenters. The van der Waals surface area contributed by atoms with Crippen molar-refractivity contribution in [1.82, 2.24) is 9.80 Å². The van der Waals surface area contributed by atoms with E-state index in [1.807, 2.05) is 13.8 Å². The molecule has 2 saturated heterocycles. The molecule has 2 aliphatic rings. The molecule has 0 unspecified atom stereocenters. The molecule has 0 bridgehead atoms. The predicted molar refractivity (Wildman–Crippen MR) is 89.5 cm³/mol. The lowest BCUT2D eigenvalue weighted by Crippen LogP contribution is -2.36. The number of nitrogens with zero attached hydrogens (tertiary/aromatic N) is 2. The first kappa shape index (κ1) is 19.9. The van der Waals surface area contributed by atoms with E-state index in [-0.39, 0.29) is 0 Å². The SMILES string of the molecule is CC.CCCN1CCCCC1.CCCN1CCOCC1. The molecule has 0 N–H and O–H groups in total. The van der Waals surface area contributed by atoms with Gasteiger partial charge in [0.1, 0.15) is 0 Å². The standard InChI is InChI=1S/C8H17N.C7H15NO.C2H6/c1-2-6-9-7-4-3-5-8-9;1-2-3-8-4-6-9-7-5-8;1-2/h2-8H2,1H3;2-7H2,1H3;1-2H3. The van der Waals surface area contributed by atoms with Gasteiger partial charge in [-0.25, -0.2) is 0 Å². The fourth-order valence-corrected chi connectivity index (χ4v) is 2.64. The van der Waals surface area contributed by atoms with Crippen LogP contribution in [0.3, 0.4) is 0 Å². The molecule has 0 amide bonds. The number of morpholine rings is 1. The third kappa shape index (κ3) is 10.6. The first-order chi connectivity index (χ1) is 9.86. The summed E-state index contributed by atoms with van der Waals surface area (Å²) >= 11 is 0. The highest BCUT2D eigenvalue weighted by Crippen LogP contribution is 2.07. The van der Waals surface area contributed by atoms with Crippen LogP contribution in [0.4, 0.5) is 0 Å². The van der Waals surface area contributed by atoms with Crippen LogP contribution in [-0.4, -0.2) is 62.3 Å². The summed E-state index contributed by atoms with van der Waals surface area (Å²) in [4.78, 5) is 5.02. The Labute approximate surface area is 127 Å². The summed E-state index contributed by atoms with van der Waals surface area (Å²) in [7, 11) is 0. The molecule has 2 aliphatic heterocycles. The van der Waals surface area contributed by atoms with Crippen molar-refractivity contribution in [1.29, 1.82) is 0 Å². The summed E-state index contributed by atoms with van der Waals surface area (Å²) in [5, 5.41) is 0. The van der Waals surface area contributed by atoms with Crippen molar-refractivity contribution in [2.75, 3.05) is 52.5 Å². The molecule has 2 fully saturated rings. The van der Waals surface area contributed by atoms with Gasteiger partial charge in [0, 0.05) is 13.1 Å². The molecule has 2 rings (SSSR count). The second-order valence-corrected chi connectivity index (χ2v) is 5.36. The second kappa shape index (κ2) is 15.3. The van der Waals surface area contributed by atoms with Crippen LogP contribution in [0.1, 0.15) is 59.8 Å². The van der Waals surface area contributed by atoms with Gasteiger partial charge in [-0.05, 0) is 51.9 Å². The van der Waals surface area contributed by atoms with Crippen LogP contribution in [-0.2, 0) is 4.74 Å². The Morgan fingerprint density at radius 3 is 1.60 bits per heavy atom. The second-order valence-electron chi connectivity index (χ2n) is 5.36. The third-order valence-electron chi connectivity index (χ3n) is 3.63. The van der Waals surface area contributed by atoms with Crippen LogP contribution >= 0.6 is 0 Å². The Hall–Kier alpha value is -0.120. The van der Waals surface area contributed by atoms with Gasteiger partial charge in [0.15, 0.2) is 0 Å². The van der Waals surface area contributed by atoms with Gasteiger partial charge in [0.25, 0.3) is 0 Å². The molecule has 0 saturated carbocycles. The van der Waals surface area contributed by atoms with Crippen molar-refractivity contribution in [3.63, 3.8) is 0 Å². The zero-order valence-electron chi connectivity index (χ0n) is 14.5. The van der Waals surface area contributed by atoms with E-state index in [9.17, 15) is 0 Å².